The van der Waals surface area contributed by atoms with E-state index in [1.54, 1.807) is 4.57 Å². The Hall–Kier alpha value is -3.15. The zero-order valence-electron chi connectivity index (χ0n) is 12.7. The number of anilines is 2. The number of phenols is 1. The summed E-state index contributed by atoms with van der Waals surface area (Å²) in [7, 11) is 0. The molecule has 1 N–H and O–H groups in total. The molecule has 0 spiro atoms. The van der Waals surface area contributed by atoms with E-state index in [0.717, 1.165) is 11.8 Å². The molecule has 0 radical (unpaired) electrons. The van der Waals surface area contributed by atoms with Gasteiger partial charge in [0, 0.05) is 25.0 Å². The van der Waals surface area contributed by atoms with Crippen molar-refractivity contribution in [3.05, 3.63) is 70.9 Å². The zero-order valence-corrected chi connectivity index (χ0v) is 12.7. The van der Waals surface area contributed by atoms with E-state index in [4.69, 9.17) is 0 Å². The van der Waals surface area contributed by atoms with Crippen molar-refractivity contribution in [3.63, 3.8) is 0 Å². The van der Waals surface area contributed by atoms with Crippen LogP contribution in [0.1, 0.15) is 0 Å². The van der Waals surface area contributed by atoms with Crippen LogP contribution in [0.5, 0.6) is 5.75 Å². The molecule has 2 heterocycles. The third-order valence-electron chi connectivity index (χ3n) is 4.14. The van der Waals surface area contributed by atoms with Crippen molar-refractivity contribution in [1.82, 2.24) is 9.55 Å². The standard InChI is InChI=1S/C18H14FN3O2/c19-15-10-12(6-7-16(15)23)14-11-20-18-21(8-9-22(18)17(14)24)13-4-2-1-3-5-13/h1-7,10-11,23H,8-9H2. The maximum Gasteiger partial charge on any atom is 0.262 e. The minimum Gasteiger partial charge on any atom is -0.505 e. The summed E-state index contributed by atoms with van der Waals surface area (Å²) < 4.78 is 15.2. The molecule has 120 valence electrons. The third-order valence-corrected chi connectivity index (χ3v) is 4.14. The molecule has 24 heavy (non-hydrogen) atoms. The highest BCUT2D eigenvalue weighted by Crippen LogP contribution is 2.28. The molecule has 0 aliphatic carbocycles. The topological polar surface area (TPSA) is 58.4 Å². The molecule has 0 amide bonds. The maximum absolute atomic E-state index is 13.6. The largest absolute Gasteiger partial charge is 0.505 e. The monoisotopic (exact) mass is 323 g/mol. The molecule has 6 heteroatoms. The zero-order chi connectivity index (χ0) is 16.7. The number of hydrogen-bond acceptors (Lipinski definition) is 4. The minimum atomic E-state index is -0.761. The van der Waals surface area contributed by atoms with E-state index in [2.05, 4.69) is 4.98 Å². The molecule has 5 nitrogen and oxygen atoms in total. The van der Waals surface area contributed by atoms with Crippen LogP contribution >= 0.6 is 0 Å². The van der Waals surface area contributed by atoms with Crippen LogP contribution in [0, 0.1) is 5.82 Å². The molecule has 1 aromatic heterocycles. The molecular weight excluding hydrogens is 309 g/mol. The Morgan fingerprint density at radius 1 is 1.08 bits per heavy atom. The molecule has 3 aromatic rings. The minimum absolute atomic E-state index is 0.219. The molecule has 0 saturated heterocycles. The number of para-hydroxylation sites is 1. The van der Waals surface area contributed by atoms with Gasteiger partial charge in [-0.25, -0.2) is 9.37 Å². The fourth-order valence-corrected chi connectivity index (χ4v) is 2.93. The van der Waals surface area contributed by atoms with Crippen LogP contribution in [-0.4, -0.2) is 21.2 Å². The molecule has 0 fully saturated rings. The van der Waals surface area contributed by atoms with Crippen molar-refractivity contribution >= 4 is 11.6 Å². The van der Waals surface area contributed by atoms with Crippen LogP contribution in [0.25, 0.3) is 11.1 Å². The van der Waals surface area contributed by atoms with Crippen molar-refractivity contribution in [2.24, 2.45) is 0 Å². The van der Waals surface area contributed by atoms with Gasteiger partial charge in [0.1, 0.15) is 0 Å². The molecular formula is C18H14FN3O2. The number of aromatic hydroxyl groups is 1. The molecule has 1 aliphatic heterocycles. The second-order valence-electron chi connectivity index (χ2n) is 5.58. The van der Waals surface area contributed by atoms with E-state index in [9.17, 15) is 14.3 Å². The Bertz CT molecular complexity index is 970. The molecule has 1 aliphatic rings. The van der Waals surface area contributed by atoms with Crippen LogP contribution in [0.3, 0.4) is 0 Å². The quantitative estimate of drug-likeness (QED) is 0.788. The average Bonchev–Trinajstić information content (AvgIpc) is 3.04. The maximum atomic E-state index is 13.6. The second kappa shape index (κ2) is 5.49. The number of halogens is 1. The summed E-state index contributed by atoms with van der Waals surface area (Å²) in [6.45, 7) is 1.17. The lowest BCUT2D eigenvalue weighted by atomic mass is 10.1. The molecule has 0 atom stereocenters. The predicted molar refractivity (Wildman–Crippen MR) is 89.0 cm³/mol. The number of rotatable bonds is 2. The number of aromatic nitrogens is 2. The number of fused-ring (bicyclic) bond motifs is 1. The van der Waals surface area contributed by atoms with Crippen LogP contribution in [0.15, 0.2) is 59.5 Å². The lowest BCUT2D eigenvalue weighted by molar-refractivity contribution is 0.432. The molecule has 0 unspecified atom stereocenters. The van der Waals surface area contributed by atoms with Gasteiger partial charge in [0.05, 0.1) is 5.56 Å². The van der Waals surface area contributed by atoms with Crippen molar-refractivity contribution in [1.29, 1.82) is 0 Å². The van der Waals surface area contributed by atoms with Gasteiger partial charge < -0.3 is 10.0 Å². The predicted octanol–water partition coefficient (Wildman–Crippen LogP) is 2.91. The van der Waals surface area contributed by atoms with Crippen molar-refractivity contribution < 1.29 is 9.50 Å². The molecule has 4 rings (SSSR count). The average molecular weight is 323 g/mol. The van der Waals surface area contributed by atoms with Gasteiger partial charge in [0.25, 0.3) is 5.56 Å². The van der Waals surface area contributed by atoms with E-state index in [1.165, 1.54) is 18.3 Å². The fourth-order valence-electron chi connectivity index (χ4n) is 2.93. The van der Waals surface area contributed by atoms with Crippen molar-refractivity contribution in [2.45, 2.75) is 6.54 Å². The Balaban J connectivity index is 1.80. The summed E-state index contributed by atoms with van der Waals surface area (Å²) >= 11 is 0. The lowest BCUT2D eigenvalue weighted by Gasteiger charge is -2.17. The summed E-state index contributed by atoms with van der Waals surface area (Å²) in [6, 6.07) is 13.6. The van der Waals surface area contributed by atoms with E-state index >= 15 is 0 Å². The highest BCUT2D eigenvalue weighted by molar-refractivity contribution is 5.65. The van der Waals surface area contributed by atoms with Crippen LogP contribution in [0.4, 0.5) is 16.0 Å². The Morgan fingerprint density at radius 3 is 2.62 bits per heavy atom. The fraction of sp³-hybridized carbons (Fsp3) is 0.111. The van der Waals surface area contributed by atoms with Crippen molar-refractivity contribution in [3.8, 4) is 16.9 Å². The van der Waals surface area contributed by atoms with Crippen LogP contribution in [0.2, 0.25) is 0 Å². The molecule has 2 aromatic carbocycles. The number of benzene rings is 2. The smallest absolute Gasteiger partial charge is 0.262 e. The van der Waals surface area contributed by atoms with Gasteiger partial charge in [-0.2, -0.15) is 0 Å². The highest BCUT2D eigenvalue weighted by atomic mass is 19.1. The summed E-state index contributed by atoms with van der Waals surface area (Å²) in [5, 5.41) is 9.29. The summed E-state index contributed by atoms with van der Waals surface area (Å²) in [5.41, 5.74) is 1.46. The third kappa shape index (κ3) is 2.23. The van der Waals surface area contributed by atoms with Gasteiger partial charge in [-0.3, -0.25) is 9.36 Å². The number of hydrogen-bond donors (Lipinski definition) is 1. The van der Waals surface area contributed by atoms with E-state index in [-0.39, 0.29) is 5.56 Å². The first-order chi connectivity index (χ1) is 11.6. The second-order valence-corrected chi connectivity index (χ2v) is 5.58. The highest BCUT2D eigenvalue weighted by Gasteiger charge is 2.24. The molecule has 0 saturated carbocycles. The first-order valence-electron chi connectivity index (χ1n) is 7.56. The van der Waals surface area contributed by atoms with Gasteiger partial charge >= 0.3 is 0 Å². The van der Waals surface area contributed by atoms with Crippen LogP contribution in [-0.2, 0) is 6.54 Å². The summed E-state index contributed by atoms with van der Waals surface area (Å²) in [5.74, 6) is -0.624. The van der Waals surface area contributed by atoms with Gasteiger partial charge in [-0.15, -0.1) is 0 Å². The molecule has 0 bridgehead atoms. The SMILES string of the molecule is O=c1c(-c2ccc(O)c(F)c2)cnc2n1CCN2c1ccccc1. The van der Waals surface area contributed by atoms with E-state index in [0.29, 0.717) is 30.2 Å². The Labute approximate surface area is 137 Å². The first-order valence-corrected chi connectivity index (χ1v) is 7.56. The summed E-state index contributed by atoms with van der Waals surface area (Å²) in [4.78, 5) is 19.1. The van der Waals surface area contributed by atoms with Crippen LogP contribution < -0.4 is 10.5 Å². The normalized spacial score (nSPS) is 13.1. The van der Waals surface area contributed by atoms with Gasteiger partial charge in [0.15, 0.2) is 11.6 Å². The van der Waals surface area contributed by atoms with Gasteiger partial charge in [-0.05, 0) is 29.8 Å². The summed E-state index contributed by atoms with van der Waals surface area (Å²) in [6.07, 6.45) is 1.46. The Kier molecular flexibility index (Phi) is 3.30. The van der Waals surface area contributed by atoms with Gasteiger partial charge in [-0.1, -0.05) is 24.3 Å². The Morgan fingerprint density at radius 2 is 1.88 bits per heavy atom. The van der Waals surface area contributed by atoms with E-state index in [1.807, 2.05) is 35.2 Å². The lowest BCUT2D eigenvalue weighted by Crippen LogP contribution is -2.21. The van der Waals surface area contributed by atoms with Gasteiger partial charge in [0.2, 0.25) is 5.95 Å². The number of phenolic OH excluding ortho intramolecular Hbond substituents is 1. The first kappa shape index (κ1) is 14.4. The van der Waals surface area contributed by atoms with E-state index < -0.39 is 11.6 Å². The van der Waals surface area contributed by atoms with Crippen molar-refractivity contribution in [2.75, 3.05) is 11.4 Å². The number of nitrogens with zero attached hydrogens (tertiary/aromatic N) is 3.